The molecule has 0 aliphatic carbocycles. The molecule has 0 unspecified atom stereocenters. The van der Waals surface area contributed by atoms with Crippen molar-refractivity contribution in [2.75, 3.05) is 25.6 Å². The van der Waals surface area contributed by atoms with E-state index >= 15 is 0 Å². The lowest BCUT2D eigenvalue weighted by molar-refractivity contribution is 0.102. The molecule has 0 radical (unpaired) electrons. The lowest BCUT2D eigenvalue weighted by Gasteiger charge is -2.15. The molecule has 2 aromatic carbocycles. The maximum absolute atomic E-state index is 12.8. The van der Waals surface area contributed by atoms with Gasteiger partial charge in [-0.1, -0.05) is 11.6 Å². The molecule has 0 saturated carbocycles. The first-order valence-electron chi connectivity index (χ1n) is 9.32. The highest BCUT2D eigenvalue weighted by Crippen LogP contribution is 2.38. The second-order valence-electron chi connectivity index (χ2n) is 6.93. The Labute approximate surface area is 180 Å². The van der Waals surface area contributed by atoms with Gasteiger partial charge in [0, 0.05) is 30.2 Å². The van der Waals surface area contributed by atoms with Crippen LogP contribution < -0.4 is 24.2 Å². The van der Waals surface area contributed by atoms with E-state index in [4.69, 9.17) is 25.8 Å². The van der Waals surface area contributed by atoms with Crippen molar-refractivity contribution in [3.05, 3.63) is 40.9 Å². The van der Waals surface area contributed by atoms with E-state index in [0.717, 1.165) is 6.42 Å². The molecular formula is C20H23ClN2O6S. The molecule has 2 N–H and O–H groups in total. The van der Waals surface area contributed by atoms with Crippen molar-refractivity contribution in [2.45, 2.75) is 31.2 Å². The van der Waals surface area contributed by atoms with Gasteiger partial charge in [-0.2, -0.15) is 0 Å². The maximum Gasteiger partial charge on any atom is 0.255 e. The van der Waals surface area contributed by atoms with E-state index < -0.39 is 15.9 Å². The first-order valence-corrected chi connectivity index (χ1v) is 11.2. The van der Waals surface area contributed by atoms with Crippen molar-refractivity contribution in [3.8, 4) is 17.2 Å². The van der Waals surface area contributed by atoms with Crippen LogP contribution in [0.5, 0.6) is 17.2 Å². The summed E-state index contributed by atoms with van der Waals surface area (Å²) in [5, 5.41) is 2.97. The Kier molecular flexibility index (Phi) is 6.74. The van der Waals surface area contributed by atoms with Crippen LogP contribution in [-0.4, -0.2) is 40.7 Å². The number of rotatable bonds is 6. The van der Waals surface area contributed by atoms with Crippen molar-refractivity contribution in [1.29, 1.82) is 0 Å². The van der Waals surface area contributed by atoms with Crippen LogP contribution in [0, 0.1) is 0 Å². The normalized spacial score (nSPS) is 13.6. The van der Waals surface area contributed by atoms with E-state index in [1.165, 1.54) is 25.3 Å². The van der Waals surface area contributed by atoms with Crippen LogP contribution in [0.25, 0.3) is 0 Å². The van der Waals surface area contributed by atoms with Gasteiger partial charge < -0.3 is 19.5 Å². The minimum Gasteiger partial charge on any atom is -0.495 e. The molecule has 0 atom stereocenters. The molecule has 1 aliphatic rings. The second kappa shape index (κ2) is 9.11. The quantitative estimate of drug-likeness (QED) is 0.693. The summed E-state index contributed by atoms with van der Waals surface area (Å²) in [5.74, 6) is 0.586. The number of carbonyl (C=O) groups is 1. The Balaban J connectivity index is 1.91. The molecule has 0 spiro atoms. The van der Waals surface area contributed by atoms with Crippen LogP contribution in [0.2, 0.25) is 5.02 Å². The number of sulfonamides is 1. The first kappa shape index (κ1) is 22.2. The first-order chi connectivity index (χ1) is 14.2. The maximum atomic E-state index is 12.8. The van der Waals surface area contributed by atoms with Crippen LogP contribution >= 0.6 is 11.6 Å². The molecule has 0 aromatic heterocycles. The summed E-state index contributed by atoms with van der Waals surface area (Å²) in [4.78, 5) is 12.7. The fourth-order valence-electron chi connectivity index (χ4n) is 2.88. The summed E-state index contributed by atoms with van der Waals surface area (Å²) in [6, 6.07) is 7.00. The fourth-order valence-corrected chi connectivity index (χ4v) is 4.52. The molecule has 2 aromatic rings. The summed E-state index contributed by atoms with van der Waals surface area (Å²) in [5.41, 5.74) is 0.453. The third-order valence-corrected chi connectivity index (χ3v) is 6.18. The molecule has 0 saturated heterocycles. The number of carbonyl (C=O) groups excluding carboxylic acids is 1. The predicted octanol–water partition coefficient (Wildman–Crippen LogP) is 3.45. The lowest BCUT2D eigenvalue weighted by atomic mass is 10.2. The monoisotopic (exact) mass is 454 g/mol. The zero-order valence-electron chi connectivity index (χ0n) is 16.8. The number of amides is 1. The van der Waals surface area contributed by atoms with Crippen LogP contribution in [0.4, 0.5) is 5.69 Å². The third-order valence-electron chi connectivity index (χ3n) is 4.19. The highest BCUT2D eigenvalue weighted by atomic mass is 35.5. The number of ether oxygens (including phenoxy) is 3. The summed E-state index contributed by atoms with van der Waals surface area (Å²) in [6.07, 6.45) is 0.738. The highest BCUT2D eigenvalue weighted by Gasteiger charge is 2.23. The number of nitrogens with one attached hydrogen (secondary N) is 2. The average molecular weight is 455 g/mol. The summed E-state index contributed by atoms with van der Waals surface area (Å²) in [7, 11) is -2.51. The Bertz CT molecular complexity index is 1060. The van der Waals surface area contributed by atoms with Gasteiger partial charge in [0.25, 0.3) is 5.91 Å². The molecule has 30 heavy (non-hydrogen) atoms. The Hall–Kier alpha value is -2.49. The van der Waals surface area contributed by atoms with E-state index in [2.05, 4.69) is 10.0 Å². The van der Waals surface area contributed by atoms with Gasteiger partial charge in [0.05, 0.1) is 31.0 Å². The molecule has 162 valence electrons. The lowest BCUT2D eigenvalue weighted by Crippen LogP contribution is -2.30. The van der Waals surface area contributed by atoms with Gasteiger partial charge in [-0.25, -0.2) is 13.1 Å². The van der Waals surface area contributed by atoms with Crippen LogP contribution in [0.3, 0.4) is 0 Å². The predicted molar refractivity (Wildman–Crippen MR) is 113 cm³/mol. The molecule has 10 heteroatoms. The highest BCUT2D eigenvalue weighted by molar-refractivity contribution is 7.89. The Morgan fingerprint density at radius 2 is 1.80 bits per heavy atom. The Morgan fingerprint density at radius 1 is 1.13 bits per heavy atom. The topological polar surface area (TPSA) is 103 Å². The zero-order valence-corrected chi connectivity index (χ0v) is 18.4. The van der Waals surface area contributed by atoms with Crippen LogP contribution in [-0.2, 0) is 10.0 Å². The number of benzene rings is 2. The van der Waals surface area contributed by atoms with Crippen molar-refractivity contribution in [1.82, 2.24) is 4.72 Å². The van der Waals surface area contributed by atoms with E-state index in [1.807, 2.05) is 0 Å². The largest absolute Gasteiger partial charge is 0.495 e. The number of fused-ring (bicyclic) bond motifs is 1. The molecular weight excluding hydrogens is 432 g/mol. The van der Waals surface area contributed by atoms with E-state index in [1.54, 1.807) is 26.0 Å². The second-order valence-corrected chi connectivity index (χ2v) is 9.01. The van der Waals surface area contributed by atoms with E-state index in [-0.39, 0.29) is 27.3 Å². The smallest absolute Gasteiger partial charge is 0.255 e. The number of halogens is 1. The van der Waals surface area contributed by atoms with Crippen molar-refractivity contribution >= 4 is 33.2 Å². The SMILES string of the molecule is COc1ccc(C(=O)Nc2cc3c(cc2Cl)OCCCO3)cc1S(=O)(=O)NC(C)C. The number of hydrogen-bond acceptors (Lipinski definition) is 6. The molecule has 1 amide bonds. The standard InChI is InChI=1S/C20H23ClN2O6S/c1-12(2)23-30(25,26)19-9-13(5-6-16(19)27-3)20(24)22-15-11-18-17(10-14(15)21)28-7-4-8-29-18/h5-6,9-12,23H,4,7-8H2,1-3H3,(H,22,24). The van der Waals surface area contributed by atoms with Gasteiger partial charge in [-0.3, -0.25) is 4.79 Å². The minimum absolute atomic E-state index is 0.128. The summed E-state index contributed by atoms with van der Waals surface area (Å²) in [6.45, 7) is 4.41. The minimum atomic E-state index is -3.87. The van der Waals surface area contributed by atoms with Crippen molar-refractivity contribution < 1.29 is 27.4 Å². The van der Waals surface area contributed by atoms with Crippen molar-refractivity contribution in [3.63, 3.8) is 0 Å². The fraction of sp³-hybridized carbons (Fsp3) is 0.350. The third kappa shape index (κ3) is 4.97. The van der Waals surface area contributed by atoms with E-state index in [9.17, 15) is 13.2 Å². The van der Waals surface area contributed by atoms with Crippen LogP contribution in [0.1, 0.15) is 30.6 Å². The van der Waals surface area contributed by atoms with Gasteiger partial charge in [0.15, 0.2) is 11.5 Å². The average Bonchev–Trinajstić information content (AvgIpc) is 2.91. The summed E-state index contributed by atoms with van der Waals surface area (Å²) < 4.78 is 44.1. The Morgan fingerprint density at radius 3 is 2.43 bits per heavy atom. The van der Waals surface area contributed by atoms with Gasteiger partial charge >= 0.3 is 0 Å². The zero-order chi connectivity index (χ0) is 21.9. The number of methoxy groups -OCH3 is 1. The molecule has 0 bridgehead atoms. The van der Waals surface area contributed by atoms with Gasteiger partial charge in [0.1, 0.15) is 10.6 Å². The van der Waals surface area contributed by atoms with Gasteiger partial charge in [-0.15, -0.1) is 0 Å². The van der Waals surface area contributed by atoms with Crippen LogP contribution in [0.15, 0.2) is 35.2 Å². The van der Waals surface area contributed by atoms with Gasteiger partial charge in [0.2, 0.25) is 10.0 Å². The number of anilines is 1. The summed E-state index contributed by atoms with van der Waals surface area (Å²) >= 11 is 6.28. The van der Waals surface area contributed by atoms with Gasteiger partial charge in [-0.05, 0) is 32.0 Å². The molecule has 0 fully saturated rings. The molecule has 3 rings (SSSR count). The van der Waals surface area contributed by atoms with Crippen molar-refractivity contribution in [2.24, 2.45) is 0 Å². The molecule has 1 aliphatic heterocycles. The van der Waals surface area contributed by atoms with E-state index in [0.29, 0.717) is 30.4 Å². The molecule has 8 nitrogen and oxygen atoms in total. The molecule has 1 heterocycles. The number of hydrogen-bond donors (Lipinski definition) is 2.